The molecule has 2 heterocycles. The number of nitrogens with zero attached hydrogens (tertiary/aromatic N) is 1. The zero-order valence-corrected chi connectivity index (χ0v) is 14.8. The normalized spacial score (nSPS) is 22.3. The number of rotatable bonds is 1. The Kier molecular flexibility index (Phi) is 4.90. The molecule has 0 amide bonds. The molecule has 7 heteroatoms. The first-order chi connectivity index (χ1) is 11.5. The van der Waals surface area contributed by atoms with Gasteiger partial charge in [0.2, 0.25) is 5.82 Å². The maximum atomic E-state index is 14.3. The van der Waals surface area contributed by atoms with Crippen molar-refractivity contribution in [2.24, 2.45) is 0 Å². The second-order valence-corrected chi connectivity index (χ2v) is 6.32. The number of halogens is 6. The van der Waals surface area contributed by atoms with Gasteiger partial charge >= 0.3 is 0 Å². The van der Waals surface area contributed by atoms with Crippen molar-refractivity contribution >= 4 is 17.0 Å². The SMILES string of the molecule is Br.Fc1c(F)c(F)c([C@@H]2CN3CCC[C@@H]3c3ccccc32)c(F)c1F. The zero-order chi connectivity index (χ0) is 17.0. The van der Waals surface area contributed by atoms with E-state index in [9.17, 15) is 22.0 Å². The van der Waals surface area contributed by atoms with E-state index < -0.39 is 40.6 Å². The second-order valence-electron chi connectivity index (χ2n) is 6.32. The molecule has 0 radical (unpaired) electrons. The molecule has 134 valence electrons. The van der Waals surface area contributed by atoms with E-state index in [4.69, 9.17) is 0 Å². The molecule has 4 rings (SSSR count). The lowest BCUT2D eigenvalue weighted by Gasteiger charge is -2.37. The van der Waals surface area contributed by atoms with E-state index in [-0.39, 0.29) is 29.6 Å². The summed E-state index contributed by atoms with van der Waals surface area (Å²) in [4.78, 5) is 2.06. The zero-order valence-electron chi connectivity index (χ0n) is 13.0. The van der Waals surface area contributed by atoms with Crippen molar-refractivity contribution in [3.63, 3.8) is 0 Å². The number of hydrogen-bond donors (Lipinski definition) is 0. The average Bonchev–Trinajstić information content (AvgIpc) is 3.07. The molecular formula is C18H15BrF5N. The Hall–Kier alpha value is -1.47. The topological polar surface area (TPSA) is 3.24 Å². The molecule has 2 aliphatic heterocycles. The molecule has 2 aliphatic rings. The van der Waals surface area contributed by atoms with Gasteiger partial charge < -0.3 is 0 Å². The van der Waals surface area contributed by atoms with Crippen LogP contribution in [0.3, 0.4) is 0 Å². The van der Waals surface area contributed by atoms with Gasteiger partial charge in [-0.3, -0.25) is 4.90 Å². The van der Waals surface area contributed by atoms with E-state index in [1.165, 1.54) is 0 Å². The van der Waals surface area contributed by atoms with Gasteiger partial charge in [-0.15, -0.1) is 17.0 Å². The van der Waals surface area contributed by atoms with Crippen LogP contribution in [0.25, 0.3) is 0 Å². The van der Waals surface area contributed by atoms with Crippen LogP contribution in [-0.2, 0) is 0 Å². The molecule has 2 atom stereocenters. The summed E-state index contributed by atoms with van der Waals surface area (Å²) in [6, 6.07) is 7.29. The summed E-state index contributed by atoms with van der Waals surface area (Å²) in [5.74, 6) is -10.2. The first-order valence-electron chi connectivity index (χ1n) is 7.85. The van der Waals surface area contributed by atoms with Crippen molar-refractivity contribution in [2.75, 3.05) is 13.1 Å². The summed E-state index contributed by atoms with van der Waals surface area (Å²) < 4.78 is 69.2. The molecule has 0 aliphatic carbocycles. The van der Waals surface area contributed by atoms with Crippen molar-refractivity contribution in [2.45, 2.75) is 24.8 Å². The van der Waals surface area contributed by atoms with Gasteiger partial charge in [0, 0.05) is 24.1 Å². The summed E-state index contributed by atoms with van der Waals surface area (Å²) >= 11 is 0. The lowest BCUT2D eigenvalue weighted by atomic mass is 9.81. The van der Waals surface area contributed by atoms with Crippen molar-refractivity contribution in [1.29, 1.82) is 0 Å². The van der Waals surface area contributed by atoms with Crippen LogP contribution in [0.2, 0.25) is 0 Å². The molecule has 0 saturated carbocycles. The molecule has 0 N–H and O–H groups in total. The highest BCUT2D eigenvalue weighted by molar-refractivity contribution is 8.93. The maximum Gasteiger partial charge on any atom is 0.200 e. The predicted molar refractivity (Wildman–Crippen MR) is 88.4 cm³/mol. The van der Waals surface area contributed by atoms with Crippen LogP contribution in [-0.4, -0.2) is 18.0 Å². The summed E-state index contributed by atoms with van der Waals surface area (Å²) in [6.07, 6.45) is 1.88. The Bertz CT molecular complexity index is 796. The smallest absolute Gasteiger partial charge is 0.200 e. The minimum absolute atomic E-state index is 0. The monoisotopic (exact) mass is 419 g/mol. The van der Waals surface area contributed by atoms with Crippen LogP contribution in [0.15, 0.2) is 24.3 Å². The Morgan fingerprint density at radius 3 is 2.00 bits per heavy atom. The number of hydrogen-bond acceptors (Lipinski definition) is 1. The highest BCUT2D eigenvalue weighted by Crippen LogP contribution is 2.45. The van der Waals surface area contributed by atoms with Crippen LogP contribution in [0.4, 0.5) is 22.0 Å². The Morgan fingerprint density at radius 2 is 1.36 bits per heavy atom. The van der Waals surface area contributed by atoms with E-state index >= 15 is 0 Å². The molecule has 1 saturated heterocycles. The fourth-order valence-electron chi connectivity index (χ4n) is 4.04. The molecule has 0 aromatic heterocycles. The molecule has 0 unspecified atom stereocenters. The van der Waals surface area contributed by atoms with Gasteiger partial charge in [0.25, 0.3) is 0 Å². The quantitative estimate of drug-likeness (QED) is 0.347. The molecule has 2 aromatic rings. The summed E-state index contributed by atoms with van der Waals surface area (Å²) in [5, 5.41) is 0. The fourth-order valence-corrected chi connectivity index (χ4v) is 4.04. The predicted octanol–water partition coefficient (Wildman–Crippen LogP) is 5.24. The van der Waals surface area contributed by atoms with Gasteiger partial charge in [0.15, 0.2) is 23.3 Å². The van der Waals surface area contributed by atoms with Crippen LogP contribution in [0, 0.1) is 29.1 Å². The van der Waals surface area contributed by atoms with Crippen LogP contribution in [0.1, 0.15) is 41.5 Å². The van der Waals surface area contributed by atoms with Gasteiger partial charge in [-0.2, -0.15) is 0 Å². The minimum atomic E-state index is -2.11. The Morgan fingerprint density at radius 1 is 0.800 bits per heavy atom. The largest absolute Gasteiger partial charge is 0.295 e. The first-order valence-corrected chi connectivity index (χ1v) is 7.85. The van der Waals surface area contributed by atoms with E-state index in [2.05, 4.69) is 4.90 Å². The molecule has 1 fully saturated rings. The van der Waals surface area contributed by atoms with Gasteiger partial charge in [-0.25, -0.2) is 22.0 Å². The highest BCUT2D eigenvalue weighted by atomic mass is 79.9. The Balaban J connectivity index is 0.00000182. The number of benzene rings is 2. The van der Waals surface area contributed by atoms with Gasteiger partial charge in [-0.05, 0) is 30.5 Å². The van der Waals surface area contributed by atoms with E-state index in [1.807, 2.05) is 12.1 Å². The third-order valence-electron chi connectivity index (χ3n) is 5.10. The molecule has 0 spiro atoms. The summed E-state index contributed by atoms with van der Waals surface area (Å²) in [6.45, 7) is 1.00. The van der Waals surface area contributed by atoms with Crippen molar-refractivity contribution in [1.82, 2.24) is 4.90 Å². The van der Waals surface area contributed by atoms with Crippen molar-refractivity contribution < 1.29 is 22.0 Å². The van der Waals surface area contributed by atoms with E-state index in [0.717, 1.165) is 24.9 Å². The Labute approximate surface area is 152 Å². The fraction of sp³-hybridized carbons (Fsp3) is 0.333. The second kappa shape index (κ2) is 6.68. The molecule has 2 aromatic carbocycles. The summed E-state index contributed by atoms with van der Waals surface area (Å²) in [5.41, 5.74) is 0.822. The molecular weight excluding hydrogens is 405 g/mol. The highest BCUT2D eigenvalue weighted by Gasteiger charge is 2.40. The minimum Gasteiger partial charge on any atom is -0.295 e. The molecule has 0 bridgehead atoms. The van der Waals surface area contributed by atoms with Crippen LogP contribution < -0.4 is 0 Å². The third kappa shape index (κ3) is 2.68. The van der Waals surface area contributed by atoms with E-state index in [0.29, 0.717) is 5.56 Å². The van der Waals surface area contributed by atoms with Gasteiger partial charge in [0.1, 0.15) is 0 Å². The maximum absolute atomic E-state index is 14.3. The lowest BCUT2D eigenvalue weighted by molar-refractivity contribution is 0.225. The molecule has 25 heavy (non-hydrogen) atoms. The van der Waals surface area contributed by atoms with Crippen LogP contribution >= 0.6 is 17.0 Å². The van der Waals surface area contributed by atoms with Gasteiger partial charge in [-0.1, -0.05) is 24.3 Å². The first kappa shape index (κ1) is 18.3. The summed E-state index contributed by atoms with van der Waals surface area (Å²) in [7, 11) is 0. The third-order valence-corrected chi connectivity index (χ3v) is 5.10. The van der Waals surface area contributed by atoms with Crippen molar-refractivity contribution in [3.05, 3.63) is 70.0 Å². The molecule has 1 nitrogen and oxygen atoms in total. The number of fused-ring (bicyclic) bond motifs is 3. The van der Waals surface area contributed by atoms with E-state index in [1.54, 1.807) is 12.1 Å². The van der Waals surface area contributed by atoms with Crippen molar-refractivity contribution in [3.8, 4) is 0 Å². The average molecular weight is 420 g/mol. The lowest BCUT2D eigenvalue weighted by Crippen LogP contribution is -2.35. The standard InChI is InChI=1S/C18H14F5N.BrH/c19-14-13(15(20)17(22)18(23)16(14)21)11-8-24-7-3-6-12(24)10-5-2-1-4-9(10)11;/h1-2,4-5,11-12H,3,6-8H2;1H/t11-,12-;/m1./s1. The van der Waals surface area contributed by atoms with Crippen LogP contribution in [0.5, 0.6) is 0 Å². The van der Waals surface area contributed by atoms with Gasteiger partial charge in [0.05, 0.1) is 0 Å².